The second kappa shape index (κ2) is 7.29. The summed E-state index contributed by atoms with van der Waals surface area (Å²) in [4.78, 5) is 20.0. The summed E-state index contributed by atoms with van der Waals surface area (Å²) in [7, 11) is 0. The van der Waals surface area contributed by atoms with Crippen molar-refractivity contribution in [3.05, 3.63) is 57.5 Å². The molecule has 5 nitrogen and oxygen atoms in total. The predicted octanol–water partition coefficient (Wildman–Crippen LogP) is 2.91. The molecule has 0 unspecified atom stereocenters. The number of hydrogen-bond donors (Lipinski definition) is 1. The largest absolute Gasteiger partial charge is 0.341 e. The molecule has 6 heteroatoms. The molecule has 2 aromatic rings. The standard InChI is InChI=1S/C17H20N2O3S/c1-11(2)14-13(10-12-6-4-3-5-7-12)18-16(19-15(14)20)23-17-21-8-9-22-17/h3-7,11,17H,8-10H2,1-2H3,(H,18,19,20). The number of rotatable bonds is 5. The van der Waals surface area contributed by atoms with Gasteiger partial charge in [0.2, 0.25) is 5.62 Å². The van der Waals surface area contributed by atoms with E-state index in [1.807, 2.05) is 44.2 Å². The Bertz CT molecular complexity index is 710. The Morgan fingerprint density at radius 1 is 1.26 bits per heavy atom. The number of H-pyrrole nitrogens is 1. The summed E-state index contributed by atoms with van der Waals surface area (Å²) in [6, 6.07) is 10.1. The normalized spacial score (nSPS) is 15.4. The molecule has 1 aliphatic heterocycles. The van der Waals surface area contributed by atoms with Crippen LogP contribution in [0.25, 0.3) is 0 Å². The first-order valence-corrected chi connectivity index (χ1v) is 8.58. The average Bonchev–Trinajstić information content (AvgIpc) is 3.00. The molecule has 0 atom stereocenters. The van der Waals surface area contributed by atoms with Crippen LogP contribution in [0, 0.1) is 0 Å². The van der Waals surface area contributed by atoms with Crippen molar-refractivity contribution in [2.45, 2.75) is 37.0 Å². The smallest absolute Gasteiger partial charge is 0.255 e. The molecule has 1 aromatic heterocycles. The highest BCUT2D eigenvalue weighted by Crippen LogP contribution is 2.26. The number of aromatic amines is 1. The van der Waals surface area contributed by atoms with Crippen LogP contribution >= 0.6 is 11.8 Å². The van der Waals surface area contributed by atoms with Gasteiger partial charge in [0.1, 0.15) is 0 Å². The lowest BCUT2D eigenvalue weighted by atomic mass is 9.99. The Kier molecular flexibility index (Phi) is 5.15. The molecule has 1 aromatic carbocycles. The zero-order valence-electron chi connectivity index (χ0n) is 13.2. The van der Waals surface area contributed by atoms with Crippen molar-refractivity contribution in [1.82, 2.24) is 9.97 Å². The van der Waals surface area contributed by atoms with Crippen molar-refractivity contribution >= 4 is 11.8 Å². The molecule has 0 spiro atoms. The molecule has 1 fully saturated rings. The van der Waals surface area contributed by atoms with E-state index in [1.54, 1.807) is 0 Å². The van der Waals surface area contributed by atoms with Crippen LogP contribution in [0.1, 0.15) is 36.6 Å². The number of hydrogen-bond acceptors (Lipinski definition) is 5. The van der Waals surface area contributed by atoms with Crippen LogP contribution in [0.3, 0.4) is 0 Å². The van der Waals surface area contributed by atoms with Crippen LogP contribution in [0.4, 0.5) is 0 Å². The highest BCUT2D eigenvalue weighted by molar-refractivity contribution is 7.99. The maximum absolute atomic E-state index is 12.5. The lowest BCUT2D eigenvalue weighted by molar-refractivity contribution is 0.0343. The monoisotopic (exact) mass is 332 g/mol. The molecule has 1 N–H and O–H groups in total. The fourth-order valence-electron chi connectivity index (χ4n) is 2.58. The van der Waals surface area contributed by atoms with Gasteiger partial charge in [-0.1, -0.05) is 44.2 Å². The molecule has 1 aliphatic rings. The highest BCUT2D eigenvalue weighted by Gasteiger charge is 2.21. The fraction of sp³-hybridized carbons (Fsp3) is 0.412. The van der Waals surface area contributed by atoms with E-state index >= 15 is 0 Å². The lowest BCUT2D eigenvalue weighted by Crippen LogP contribution is -2.21. The van der Waals surface area contributed by atoms with Crippen molar-refractivity contribution in [3.8, 4) is 0 Å². The summed E-state index contributed by atoms with van der Waals surface area (Å²) in [6.07, 6.45) is 0.637. The minimum atomic E-state index is -0.396. The Morgan fingerprint density at radius 2 is 1.96 bits per heavy atom. The van der Waals surface area contributed by atoms with Gasteiger partial charge in [0.15, 0.2) is 5.16 Å². The third-order valence-corrected chi connectivity index (χ3v) is 4.48. The molecule has 0 radical (unpaired) electrons. The van der Waals surface area contributed by atoms with Gasteiger partial charge in [-0.15, -0.1) is 0 Å². The number of nitrogens with one attached hydrogen (secondary N) is 1. The molecule has 1 saturated heterocycles. The third-order valence-electron chi connectivity index (χ3n) is 3.60. The summed E-state index contributed by atoms with van der Waals surface area (Å²) < 4.78 is 10.8. The number of nitrogens with zero attached hydrogens (tertiary/aromatic N) is 1. The molecule has 23 heavy (non-hydrogen) atoms. The van der Waals surface area contributed by atoms with Gasteiger partial charge >= 0.3 is 0 Å². The van der Waals surface area contributed by atoms with Crippen molar-refractivity contribution in [3.63, 3.8) is 0 Å². The van der Waals surface area contributed by atoms with Crippen molar-refractivity contribution in [1.29, 1.82) is 0 Å². The van der Waals surface area contributed by atoms with Crippen LogP contribution in [0.15, 0.2) is 40.3 Å². The van der Waals surface area contributed by atoms with E-state index in [2.05, 4.69) is 9.97 Å². The summed E-state index contributed by atoms with van der Waals surface area (Å²) in [6.45, 7) is 5.17. The minimum absolute atomic E-state index is 0.0820. The molecule has 0 amide bonds. The number of benzene rings is 1. The Labute approximate surface area is 139 Å². The molecule has 0 saturated carbocycles. The van der Waals surface area contributed by atoms with Gasteiger partial charge in [-0.2, -0.15) is 0 Å². The second-order valence-corrected chi connectivity index (χ2v) is 6.70. The Balaban J connectivity index is 1.93. The van der Waals surface area contributed by atoms with Crippen LogP contribution in [-0.4, -0.2) is 28.8 Å². The zero-order valence-corrected chi connectivity index (χ0v) is 14.1. The predicted molar refractivity (Wildman–Crippen MR) is 89.7 cm³/mol. The van der Waals surface area contributed by atoms with E-state index in [9.17, 15) is 4.79 Å². The maximum atomic E-state index is 12.5. The number of ether oxygens (including phenoxy) is 2. The maximum Gasteiger partial charge on any atom is 0.255 e. The van der Waals surface area contributed by atoms with Crippen LogP contribution in [0.2, 0.25) is 0 Å². The van der Waals surface area contributed by atoms with Gasteiger partial charge in [0.05, 0.1) is 18.9 Å². The number of thioether (sulfide) groups is 1. The van der Waals surface area contributed by atoms with E-state index < -0.39 is 5.62 Å². The van der Waals surface area contributed by atoms with Crippen molar-refractivity contribution in [2.75, 3.05) is 13.2 Å². The summed E-state index contributed by atoms with van der Waals surface area (Å²) in [5.41, 5.74) is 2.22. The lowest BCUT2D eigenvalue weighted by Gasteiger charge is -2.14. The highest BCUT2D eigenvalue weighted by atomic mass is 32.2. The number of aromatic nitrogens is 2. The average molecular weight is 332 g/mol. The van der Waals surface area contributed by atoms with Gasteiger partial charge in [-0.25, -0.2) is 4.98 Å². The summed E-state index contributed by atoms with van der Waals surface area (Å²) in [5, 5.41) is 0.539. The SMILES string of the molecule is CC(C)c1c(Cc2ccccc2)nc(SC2OCCO2)[nH]c1=O. The van der Waals surface area contributed by atoms with E-state index in [1.165, 1.54) is 11.8 Å². The molecule has 3 rings (SSSR count). The van der Waals surface area contributed by atoms with E-state index in [4.69, 9.17) is 9.47 Å². The van der Waals surface area contributed by atoms with Gasteiger partial charge in [0, 0.05) is 12.0 Å². The quantitative estimate of drug-likeness (QED) is 0.853. The Morgan fingerprint density at radius 3 is 2.61 bits per heavy atom. The molecule has 0 bridgehead atoms. The van der Waals surface area contributed by atoms with Crippen LogP contribution in [0.5, 0.6) is 0 Å². The summed E-state index contributed by atoms with van der Waals surface area (Å²) >= 11 is 1.30. The van der Waals surface area contributed by atoms with Crippen molar-refractivity contribution in [2.24, 2.45) is 0 Å². The molecular weight excluding hydrogens is 312 g/mol. The van der Waals surface area contributed by atoms with E-state index in [0.29, 0.717) is 24.8 Å². The Hall–Kier alpha value is -1.63. The van der Waals surface area contributed by atoms with Crippen LogP contribution < -0.4 is 5.56 Å². The first-order valence-electron chi connectivity index (χ1n) is 7.70. The fourth-order valence-corrected chi connectivity index (χ4v) is 3.40. The van der Waals surface area contributed by atoms with Gasteiger partial charge in [-0.05, 0) is 23.2 Å². The third kappa shape index (κ3) is 4.02. The molecule has 122 valence electrons. The summed E-state index contributed by atoms with van der Waals surface area (Å²) in [5.74, 6) is 0.114. The van der Waals surface area contributed by atoms with Gasteiger partial charge in [-0.3, -0.25) is 4.79 Å². The second-order valence-electron chi connectivity index (χ2n) is 5.70. The topological polar surface area (TPSA) is 64.2 Å². The van der Waals surface area contributed by atoms with Crippen LogP contribution in [-0.2, 0) is 15.9 Å². The van der Waals surface area contributed by atoms with Crippen molar-refractivity contribution < 1.29 is 9.47 Å². The first kappa shape index (κ1) is 16.2. The molecule has 2 heterocycles. The minimum Gasteiger partial charge on any atom is -0.341 e. The first-order chi connectivity index (χ1) is 11.1. The van der Waals surface area contributed by atoms with Gasteiger partial charge in [0.25, 0.3) is 5.56 Å². The van der Waals surface area contributed by atoms with E-state index in [-0.39, 0.29) is 11.5 Å². The molecular formula is C17H20N2O3S. The zero-order chi connectivity index (χ0) is 16.2. The van der Waals surface area contributed by atoms with Gasteiger partial charge < -0.3 is 14.5 Å². The molecule has 0 aliphatic carbocycles. The van der Waals surface area contributed by atoms with E-state index in [0.717, 1.165) is 16.8 Å².